The van der Waals surface area contributed by atoms with E-state index in [9.17, 15) is 4.79 Å². The van der Waals surface area contributed by atoms with Gasteiger partial charge in [-0.15, -0.1) is 0 Å². The standard InChI is InChI=1S/C22H29O3P.Li.H/c1-6-10-24-18-8-9-20(19(14-18)25-11-7-2)26-22(23)21-16(4)12-15(3)13-17(21)5;;/h8-9,12-14,26H,6-7,10-11H2,1-5H3;;/q;+1;-1. The Kier molecular flexibility index (Phi) is 10.2. The van der Waals surface area contributed by atoms with E-state index in [4.69, 9.17) is 9.47 Å². The monoisotopic (exact) mass is 380 g/mol. The van der Waals surface area contributed by atoms with Crippen LogP contribution in [0.3, 0.4) is 0 Å². The third-order valence-corrected chi connectivity index (χ3v) is 5.20. The fourth-order valence-corrected chi connectivity index (χ4v) is 4.17. The third-order valence-electron chi connectivity index (χ3n) is 4.04. The fraction of sp³-hybridized carbons (Fsp3) is 0.409. The van der Waals surface area contributed by atoms with Crippen molar-refractivity contribution in [2.24, 2.45) is 0 Å². The van der Waals surface area contributed by atoms with Crippen molar-refractivity contribution < 1.29 is 34.6 Å². The molecule has 0 heterocycles. The fourth-order valence-electron chi connectivity index (χ4n) is 2.97. The number of aryl methyl sites for hydroxylation is 3. The van der Waals surface area contributed by atoms with Gasteiger partial charge in [-0.25, -0.2) is 0 Å². The van der Waals surface area contributed by atoms with Crippen molar-refractivity contribution in [2.45, 2.75) is 47.5 Å². The Morgan fingerprint density at radius 3 is 2.15 bits per heavy atom. The molecule has 0 aliphatic carbocycles. The summed E-state index contributed by atoms with van der Waals surface area (Å²) < 4.78 is 11.6. The van der Waals surface area contributed by atoms with Crippen molar-refractivity contribution in [2.75, 3.05) is 13.2 Å². The molecule has 0 amide bonds. The van der Waals surface area contributed by atoms with Crippen LogP contribution in [0.15, 0.2) is 30.3 Å². The smallest absolute Gasteiger partial charge is 1.00 e. The second-order valence-corrected chi connectivity index (χ2v) is 7.83. The molecule has 0 spiro atoms. The summed E-state index contributed by atoms with van der Waals surface area (Å²) in [6.07, 6.45) is 1.88. The maximum Gasteiger partial charge on any atom is 1.00 e. The zero-order valence-electron chi connectivity index (χ0n) is 18.4. The molecule has 0 radical (unpaired) electrons. The summed E-state index contributed by atoms with van der Waals surface area (Å²) >= 11 is 0. The van der Waals surface area contributed by atoms with Gasteiger partial charge in [0, 0.05) is 16.9 Å². The number of benzene rings is 2. The van der Waals surface area contributed by atoms with Gasteiger partial charge in [0.15, 0.2) is 5.52 Å². The molecule has 0 N–H and O–H groups in total. The van der Waals surface area contributed by atoms with E-state index in [1.165, 1.54) is 5.56 Å². The maximum absolute atomic E-state index is 13.0. The number of rotatable bonds is 9. The summed E-state index contributed by atoms with van der Waals surface area (Å²) in [5, 5.41) is 0.937. The number of carbonyl (C=O) groups excluding carboxylic acids is 1. The number of hydrogen-bond acceptors (Lipinski definition) is 3. The van der Waals surface area contributed by atoms with Gasteiger partial charge in [-0.3, -0.25) is 4.79 Å². The summed E-state index contributed by atoms with van der Waals surface area (Å²) in [7, 11) is 0.0346. The molecule has 2 aromatic carbocycles. The van der Waals surface area contributed by atoms with Crippen LogP contribution >= 0.6 is 8.58 Å². The van der Waals surface area contributed by atoms with Crippen LogP contribution in [-0.2, 0) is 0 Å². The molecule has 142 valence electrons. The molecule has 0 aliphatic heterocycles. The quantitative estimate of drug-likeness (QED) is 0.495. The molecule has 2 rings (SSSR count). The van der Waals surface area contributed by atoms with Gasteiger partial charge in [0.25, 0.3) is 0 Å². The van der Waals surface area contributed by atoms with Crippen LogP contribution in [0.1, 0.15) is 55.2 Å². The van der Waals surface area contributed by atoms with Crippen LogP contribution < -0.4 is 33.6 Å². The summed E-state index contributed by atoms with van der Waals surface area (Å²) in [5.74, 6) is 1.55. The topological polar surface area (TPSA) is 35.5 Å². The molecule has 0 fully saturated rings. The van der Waals surface area contributed by atoms with Crippen LogP contribution in [0.4, 0.5) is 0 Å². The second kappa shape index (κ2) is 11.6. The first-order valence-corrected chi connectivity index (χ1v) is 10.2. The molecule has 27 heavy (non-hydrogen) atoms. The molecule has 0 saturated heterocycles. The average molecular weight is 380 g/mol. The van der Waals surface area contributed by atoms with E-state index in [-0.39, 0.29) is 34.4 Å². The number of hydrogen-bond donors (Lipinski definition) is 0. The summed E-state index contributed by atoms with van der Waals surface area (Å²) in [6, 6.07) is 9.95. The van der Waals surface area contributed by atoms with Crippen molar-refractivity contribution in [1.29, 1.82) is 0 Å². The minimum Gasteiger partial charge on any atom is -1.00 e. The SMILES string of the molecule is CCCOc1ccc(PC(=O)c2c(C)cc(C)cc2C)c(OCCC)c1.[H-].[Li+]. The Hall–Kier alpha value is -1.26. The van der Waals surface area contributed by atoms with E-state index < -0.39 is 0 Å². The number of carbonyl (C=O) groups is 1. The Bertz CT molecular complexity index is 757. The van der Waals surface area contributed by atoms with Gasteiger partial charge in [-0.05, 0) is 65.5 Å². The van der Waals surface area contributed by atoms with Crippen LogP contribution in [-0.4, -0.2) is 18.7 Å². The average Bonchev–Trinajstić information content (AvgIpc) is 2.58. The summed E-state index contributed by atoms with van der Waals surface area (Å²) in [6.45, 7) is 11.5. The predicted octanol–water partition coefficient (Wildman–Crippen LogP) is 2.45. The van der Waals surface area contributed by atoms with Gasteiger partial charge < -0.3 is 10.9 Å². The van der Waals surface area contributed by atoms with Crippen LogP contribution in [0.25, 0.3) is 0 Å². The maximum atomic E-state index is 13.0. The molecule has 1 atom stereocenters. The largest absolute Gasteiger partial charge is 1.00 e. The Labute approximate surface area is 178 Å². The first-order valence-electron chi connectivity index (χ1n) is 9.25. The molecule has 2 aromatic rings. The van der Waals surface area contributed by atoms with Gasteiger partial charge in [-0.2, -0.15) is 0 Å². The minimum atomic E-state index is 0. The Morgan fingerprint density at radius 1 is 0.963 bits per heavy atom. The van der Waals surface area contributed by atoms with Crippen LogP contribution in [0.5, 0.6) is 11.5 Å². The molecular weight excluding hydrogens is 350 g/mol. The van der Waals surface area contributed by atoms with Gasteiger partial charge in [0.05, 0.1) is 13.2 Å². The van der Waals surface area contributed by atoms with E-state index >= 15 is 0 Å². The second-order valence-electron chi connectivity index (χ2n) is 6.58. The minimum absolute atomic E-state index is 0. The Balaban J connectivity index is 0.00000364. The first-order chi connectivity index (χ1) is 12.5. The van der Waals surface area contributed by atoms with Crippen LogP contribution in [0.2, 0.25) is 0 Å². The molecule has 0 aromatic heterocycles. The molecule has 0 saturated carbocycles. The zero-order chi connectivity index (χ0) is 19.1. The van der Waals surface area contributed by atoms with Crippen molar-refractivity contribution in [3.05, 3.63) is 52.6 Å². The molecule has 0 aliphatic rings. The van der Waals surface area contributed by atoms with Gasteiger partial charge >= 0.3 is 18.9 Å². The molecule has 3 nitrogen and oxygen atoms in total. The van der Waals surface area contributed by atoms with Gasteiger partial charge in [0.2, 0.25) is 0 Å². The van der Waals surface area contributed by atoms with Crippen molar-refractivity contribution in [3.8, 4) is 11.5 Å². The molecule has 1 unspecified atom stereocenters. The van der Waals surface area contributed by atoms with Gasteiger partial charge in [0.1, 0.15) is 11.5 Å². The molecule has 0 bridgehead atoms. The van der Waals surface area contributed by atoms with E-state index in [1.807, 2.05) is 32.0 Å². The predicted molar refractivity (Wildman–Crippen MR) is 112 cm³/mol. The number of ether oxygens (including phenoxy) is 2. The zero-order valence-corrected chi connectivity index (χ0v) is 18.4. The van der Waals surface area contributed by atoms with Crippen molar-refractivity contribution in [1.82, 2.24) is 0 Å². The van der Waals surface area contributed by atoms with E-state index in [1.54, 1.807) is 0 Å². The summed E-state index contributed by atoms with van der Waals surface area (Å²) in [4.78, 5) is 13.0. The molecule has 5 heteroatoms. The van der Waals surface area contributed by atoms with E-state index in [2.05, 4.69) is 32.9 Å². The first kappa shape index (κ1) is 23.8. The summed E-state index contributed by atoms with van der Waals surface area (Å²) in [5.41, 5.74) is 4.26. The molecular formula is C22H30LiO3P. The van der Waals surface area contributed by atoms with Crippen molar-refractivity contribution >= 4 is 19.4 Å². The van der Waals surface area contributed by atoms with E-state index in [0.29, 0.717) is 13.2 Å². The van der Waals surface area contributed by atoms with Crippen molar-refractivity contribution in [3.63, 3.8) is 0 Å². The third kappa shape index (κ3) is 6.69. The Morgan fingerprint density at radius 2 is 1.56 bits per heavy atom. The van der Waals surface area contributed by atoms with Gasteiger partial charge in [-0.1, -0.05) is 31.5 Å². The van der Waals surface area contributed by atoms with E-state index in [0.717, 1.165) is 46.3 Å². The normalized spacial score (nSPS) is 10.7. The van der Waals surface area contributed by atoms with Crippen LogP contribution in [0, 0.1) is 20.8 Å².